The largest absolute Gasteiger partial charge is 0.339 e. The van der Waals surface area contributed by atoms with Crippen LogP contribution in [-0.2, 0) is 0 Å². The minimum absolute atomic E-state index is 0.0246. The SMILES string of the molecule is O=C(NC(NC(=S)Nc1ccc([N+](=O)[O-])cc1)C(Cl)(Cl)Cl)c1cccc(Cl)c1. The van der Waals surface area contributed by atoms with Gasteiger partial charge in [-0.2, -0.15) is 0 Å². The fraction of sp³-hybridized carbons (Fsp3) is 0.125. The Morgan fingerprint density at radius 1 is 1.11 bits per heavy atom. The van der Waals surface area contributed by atoms with Gasteiger partial charge in [0.05, 0.1) is 4.92 Å². The molecule has 1 atom stereocenters. The van der Waals surface area contributed by atoms with Crippen molar-refractivity contribution in [3.63, 3.8) is 0 Å². The minimum atomic E-state index is -1.94. The van der Waals surface area contributed by atoms with Gasteiger partial charge in [-0.15, -0.1) is 0 Å². The minimum Gasteiger partial charge on any atom is -0.339 e. The Labute approximate surface area is 185 Å². The van der Waals surface area contributed by atoms with Crippen LogP contribution in [0.2, 0.25) is 5.02 Å². The molecule has 2 aromatic rings. The summed E-state index contributed by atoms with van der Waals surface area (Å²) in [5, 5.41) is 19.1. The maximum Gasteiger partial charge on any atom is 0.269 e. The molecule has 12 heteroatoms. The number of hydrogen-bond donors (Lipinski definition) is 3. The quantitative estimate of drug-likeness (QED) is 0.189. The van der Waals surface area contributed by atoms with Crippen LogP contribution in [0.15, 0.2) is 48.5 Å². The van der Waals surface area contributed by atoms with E-state index in [0.717, 1.165) is 0 Å². The molecule has 0 spiro atoms. The third-order valence-corrected chi connectivity index (χ3v) is 4.41. The first kappa shape index (κ1) is 22.4. The molecule has 7 nitrogen and oxygen atoms in total. The fourth-order valence-corrected chi connectivity index (χ4v) is 2.76. The summed E-state index contributed by atoms with van der Waals surface area (Å²) in [6.07, 6.45) is -1.18. The number of carbonyl (C=O) groups is 1. The van der Waals surface area contributed by atoms with E-state index < -0.39 is 20.8 Å². The number of carbonyl (C=O) groups excluding carboxylic acids is 1. The van der Waals surface area contributed by atoms with E-state index in [0.29, 0.717) is 10.7 Å². The van der Waals surface area contributed by atoms with Crippen LogP contribution in [-0.4, -0.2) is 25.9 Å². The van der Waals surface area contributed by atoms with Crippen molar-refractivity contribution in [1.82, 2.24) is 10.6 Å². The van der Waals surface area contributed by atoms with E-state index >= 15 is 0 Å². The number of alkyl halides is 3. The third-order valence-electron chi connectivity index (χ3n) is 3.30. The molecule has 0 aliphatic carbocycles. The van der Waals surface area contributed by atoms with Crippen molar-refractivity contribution in [2.45, 2.75) is 9.96 Å². The van der Waals surface area contributed by atoms with E-state index in [1.165, 1.54) is 30.3 Å². The maximum atomic E-state index is 12.4. The van der Waals surface area contributed by atoms with Gasteiger partial charge in [0, 0.05) is 28.4 Å². The van der Waals surface area contributed by atoms with E-state index in [-0.39, 0.29) is 16.4 Å². The zero-order valence-electron chi connectivity index (χ0n) is 13.8. The number of rotatable bonds is 5. The molecule has 2 rings (SSSR count). The highest BCUT2D eigenvalue weighted by atomic mass is 35.6. The number of nitro benzene ring substituents is 1. The van der Waals surface area contributed by atoms with Crippen molar-refractivity contribution in [3.8, 4) is 0 Å². The molecule has 0 fully saturated rings. The summed E-state index contributed by atoms with van der Waals surface area (Å²) in [6, 6.07) is 11.8. The Morgan fingerprint density at radius 2 is 1.75 bits per heavy atom. The number of amides is 1. The lowest BCUT2D eigenvalue weighted by molar-refractivity contribution is -0.384. The smallest absolute Gasteiger partial charge is 0.269 e. The van der Waals surface area contributed by atoms with Crippen molar-refractivity contribution < 1.29 is 9.72 Å². The summed E-state index contributed by atoms with van der Waals surface area (Å²) in [5.41, 5.74) is 0.660. The second kappa shape index (κ2) is 9.58. The Balaban J connectivity index is 2.06. The summed E-state index contributed by atoms with van der Waals surface area (Å²) in [6.45, 7) is 0. The van der Waals surface area contributed by atoms with Gasteiger partial charge < -0.3 is 16.0 Å². The lowest BCUT2D eigenvalue weighted by Crippen LogP contribution is -2.56. The topological polar surface area (TPSA) is 96.3 Å². The molecule has 0 saturated carbocycles. The van der Waals surface area contributed by atoms with Crippen LogP contribution in [0, 0.1) is 10.1 Å². The second-order valence-electron chi connectivity index (χ2n) is 5.36. The Hall–Kier alpha value is -1.84. The van der Waals surface area contributed by atoms with Crippen LogP contribution in [0.1, 0.15) is 10.4 Å². The molecule has 28 heavy (non-hydrogen) atoms. The molecule has 2 aromatic carbocycles. The van der Waals surface area contributed by atoms with E-state index in [1.54, 1.807) is 18.2 Å². The summed E-state index contributed by atoms with van der Waals surface area (Å²) in [4.78, 5) is 22.5. The van der Waals surface area contributed by atoms with E-state index in [9.17, 15) is 14.9 Å². The van der Waals surface area contributed by atoms with Gasteiger partial charge in [-0.05, 0) is 42.5 Å². The molecule has 0 saturated heterocycles. The Bertz CT molecular complexity index is 890. The molecule has 1 unspecified atom stereocenters. The Kier molecular flexibility index (Phi) is 7.68. The van der Waals surface area contributed by atoms with E-state index in [4.69, 9.17) is 58.6 Å². The fourth-order valence-electron chi connectivity index (χ4n) is 2.01. The van der Waals surface area contributed by atoms with Crippen molar-refractivity contribution in [1.29, 1.82) is 0 Å². The van der Waals surface area contributed by atoms with Gasteiger partial charge in [0.1, 0.15) is 6.17 Å². The molecular formula is C16H12Cl4N4O3S. The molecule has 148 valence electrons. The number of thiocarbonyl (C=S) groups is 1. The van der Waals surface area contributed by atoms with E-state index in [1.807, 2.05) is 0 Å². The molecule has 0 aliphatic heterocycles. The highest BCUT2D eigenvalue weighted by molar-refractivity contribution is 7.80. The summed E-state index contributed by atoms with van der Waals surface area (Å²) >= 11 is 28.8. The van der Waals surface area contributed by atoms with Gasteiger partial charge >= 0.3 is 0 Å². The lowest BCUT2D eigenvalue weighted by Gasteiger charge is -2.27. The number of nitrogens with zero attached hydrogens (tertiary/aromatic N) is 1. The summed E-state index contributed by atoms with van der Waals surface area (Å²) in [5.74, 6) is -0.538. The standard InChI is InChI=1S/C16H12Cl4N4O3S/c17-10-3-1-2-9(8-10)13(25)22-14(16(18,19)20)23-15(28)21-11-4-6-12(7-5-11)24(26)27/h1-8,14H,(H,22,25)(H2,21,23,28). The molecule has 0 heterocycles. The van der Waals surface area contributed by atoms with Crippen molar-refractivity contribution >= 4 is 81.0 Å². The number of nitro groups is 1. The summed E-state index contributed by atoms with van der Waals surface area (Å²) in [7, 11) is 0. The van der Waals surface area contributed by atoms with Gasteiger partial charge in [0.25, 0.3) is 11.6 Å². The average molecular weight is 482 g/mol. The predicted octanol–water partition coefficient (Wildman–Crippen LogP) is 4.66. The molecule has 0 aliphatic rings. The third kappa shape index (κ3) is 6.65. The monoisotopic (exact) mass is 480 g/mol. The normalized spacial score (nSPS) is 12.0. The van der Waals surface area contributed by atoms with Gasteiger partial charge in [-0.25, -0.2) is 0 Å². The first-order valence-corrected chi connectivity index (χ1v) is 9.43. The van der Waals surface area contributed by atoms with Crippen LogP contribution in [0.25, 0.3) is 0 Å². The predicted molar refractivity (Wildman–Crippen MR) is 115 cm³/mol. The Morgan fingerprint density at radius 3 is 2.29 bits per heavy atom. The van der Waals surface area contributed by atoms with Gasteiger partial charge in [-0.3, -0.25) is 14.9 Å². The highest BCUT2D eigenvalue weighted by Crippen LogP contribution is 2.29. The van der Waals surface area contributed by atoms with Gasteiger partial charge in [-0.1, -0.05) is 52.5 Å². The zero-order chi connectivity index (χ0) is 20.9. The van der Waals surface area contributed by atoms with Gasteiger partial charge in [0.15, 0.2) is 5.11 Å². The number of benzene rings is 2. The second-order valence-corrected chi connectivity index (χ2v) is 8.57. The lowest BCUT2D eigenvalue weighted by atomic mass is 10.2. The molecular weight excluding hydrogens is 470 g/mol. The zero-order valence-corrected chi connectivity index (χ0v) is 17.6. The molecule has 1 amide bonds. The average Bonchev–Trinajstić information content (AvgIpc) is 2.60. The molecule has 0 bridgehead atoms. The molecule has 0 radical (unpaired) electrons. The summed E-state index contributed by atoms with van der Waals surface area (Å²) < 4.78 is -1.94. The van der Waals surface area contributed by atoms with Crippen LogP contribution < -0.4 is 16.0 Å². The number of nitrogens with one attached hydrogen (secondary N) is 3. The number of anilines is 1. The van der Waals surface area contributed by atoms with Crippen molar-refractivity contribution in [2.75, 3.05) is 5.32 Å². The van der Waals surface area contributed by atoms with E-state index in [2.05, 4.69) is 16.0 Å². The van der Waals surface area contributed by atoms with Crippen molar-refractivity contribution in [2.24, 2.45) is 0 Å². The number of halogens is 4. The first-order valence-electron chi connectivity index (χ1n) is 7.51. The molecule has 3 N–H and O–H groups in total. The van der Waals surface area contributed by atoms with Gasteiger partial charge in [0.2, 0.25) is 3.79 Å². The first-order chi connectivity index (χ1) is 13.1. The van der Waals surface area contributed by atoms with Crippen LogP contribution in [0.4, 0.5) is 11.4 Å². The van der Waals surface area contributed by atoms with Crippen molar-refractivity contribution in [3.05, 3.63) is 69.2 Å². The highest BCUT2D eigenvalue weighted by Gasteiger charge is 2.35. The van der Waals surface area contributed by atoms with Crippen LogP contribution in [0.3, 0.4) is 0 Å². The maximum absolute atomic E-state index is 12.4. The van der Waals surface area contributed by atoms with Crippen LogP contribution in [0.5, 0.6) is 0 Å². The molecule has 0 aromatic heterocycles. The number of non-ortho nitro benzene ring substituents is 1. The van der Waals surface area contributed by atoms with Crippen LogP contribution >= 0.6 is 58.6 Å². The number of hydrogen-bond acceptors (Lipinski definition) is 4.